The number of hydrogen-bond donors (Lipinski definition) is 0. The van der Waals surface area contributed by atoms with Gasteiger partial charge in [0.05, 0.1) is 0 Å². The maximum atomic E-state index is 14.2. The molecular weight excluding hydrogens is 165 g/mol. The molecule has 72 valence electrons. The van der Waals surface area contributed by atoms with Crippen LogP contribution in [0.1, 0.15) is 25.7 Å². The van der Waals surface area contributed by atoms with E-state index in [0.717, 1.165) is 25.9 Å². The van der Waals surface area contributed by atoms with Gasteiger partial charge in [-0.3, -0.25) is 4.90 Å². The zero-order valence-electron chi connectivity index (χ0n) is 7.88. The van der Waals surface area contributed by atoms with E-state index in [4.69, 9.17) is 0 Å². The maximum absolute atomic E-state index is 14.2. The van der Waals surface area contributed by atoms with Gasteiger partial charge in [-0.15, -0.1) is 0 Å². The van der Waals surface area contributed by atoms with E-state index >= 15 is 0 Å². The predicted octanol–water partition coefficient (Wildman–Crippen LogP) is 2.65. The zero-order valence-corrected chi connectivity index (χ0v) is 7.88. The number of nitrogens with zero attached hydrogens (tertiary/aromatic N) is 1. The van der Waals surface area contributed by atoms with Gasteiger partial charge in [0.15, 0.2) is 5.79 Å². The van der Waals surface area contributed by atoms with Crippen molar-refractivity contribution in [1.82, 2.24) is 4.90 Å². The Morgan fingerprint density at radius 3 is 2.46 bits per heavy atom. The van der Waals surface area contributed by atoms with Crippen LogP contribution in [0.2, 0.25) is 0 Å². The Balaban J connectivity index is 2.04. The fourth-order valence-corrected chi connectivity index (χ4v) is 2.08. The SMILES string of the molecule is FC1(N2CCCCC2)C=CC=CC1. The first-order chi connectivity index (χ1) is 6.31. The van der Waals surface area contributed by atoms with E-state index in [-0.39, 0.29) is 0 Å². The molecule has 0 radical (unpaired) electrons. The molecule has 0 amide bonds. The third-order valence-electron chi connectivity index (χ3n) is 2.88. The highest BCUT2D eigenvalue weighted by Crippen LogP contribution is 2.29. The molecule has 1 nitrogen and oxygen atoms in total. The van der Waals surface area contributed by atoms with Crippen LogP contribution in [-0.4, -0.2) is 23.8 Å². The molecule has 13 heavy (non-hydrogen) atoms. The Labute approximate surface area is 78.9 Å². The number of hydrogen-bond acceptors (Lipinski definition) is 1. The van der Waals surface area contributed by atoms with E-state index < -0.39 is 5.79 Å². The summed E-state index contributed by atoms with van der Waals surface area (Å²) in [6, 6.07) is 0. The Morgan fingerprint density at radius 1 is 1.08 bits per heavy atom. The first-order valence-corrected chi connectivity index (χ1v) is 5.10. The number of rotatable bonds is 1. The second-order valence-electron chi connectivity index (χ2n) is 3.86. The number of likely N-dealkylation sites (tertiary alicyclic amines) is 1. The van der Waals surface area contributed by atoms with Crippen LogP contribution in [0, 0.1) is 0 Å². The number of halogens is 1. The third-order valence-corrected chi connectivity index (χ3v) is 2.88. The van der Waals surface area contributed by atoms with Crippen LogP contribution in [0.5, 0.6) is 0 Å². The average Bonchev–Trinajstić information content (AvgIpc) is 2.20. The first kappa shape index (κ1) is 8.95. The van der Waals surface area contributed by atoms with Gasteiger partial charge < -0.3 is 0 Å². The highest BCUT2D eigenvalue weighted by Gasteiger charge is 2.34. The summed E-state index contributed by atoms with van der Waals surface area (Å²) in [5.41, 5.74) is 0. The molecule has 2 rings (SSSR count). The van der Waals surface area contributed by atoms with Crippen LogP contribution < -0.4 is 0 Å². The average molecular weight is 181 g/mol. The van der Waals surface area contributed by atoms with Gasteiger partial charge in [0.1, 0.15) is 0 Å². The summed E-state index contributed by atoms with van der Waals surface area (Å²) in [4.78, 5) is 1.97. The van der Waals surface area contributed by atoms with Crippen molar-refractivity contribution < 1.29 is 4.39 Å². The molecule has 2 heteroatoms. The van der Waals surface area contributed by atoms with Crippen LogP contribution in [0.15, 0.2) is 24.3 Å². The normalized spacial score (nSPS) is 35.2. The van der Waals surface area contributed by atoms with Crippen molar-refractivity contribution in [3.63, 3.8) is 0 Å². The summed E-state index contributed by atoms with van der Waals surface area (Å²) in [6.45, 7) is 1.82. The minimum atomic E-state index is -1.19. The second-order valence-corrected chi connectivity index (χ2v) is 3.86. The zero-order chi connectivity index (χ0) is 9.15. The van der Waals surface area contributed by atoms with Crippen molar-refractivity contribution in [2.75, 3.05) is 13.1 Å². The van der Waals surface area contributed by atoms with Crippen molar-refractivity contribution in [3.05, 3.63) is 24.3 Å². The van der Waals surface area contributed by atoms with Gasteiger partial charge in [0.2, 0.25) is 0 Å². The minimum Gasteiger partial charge on any atom is -0.268 e. The molecule has 0 spiro atoms. The molecule has 1 aliphatic carbocycles. The molecular formula is C11H16FN. The maximum Gasteiger partial charge on any atom is 0.186 e. The fourth-order valence-electron chi connectivity index (χ4n) is 2.08. The van der Waals surface area contributed by atoms with E-state index in [9.17, 15) is 4.39 Å². The van der Waals surface area contributed by atoms with Gasteiger partial charge in [-0.05, 0) is 18.9 Å². The monoisotopic (exact) mass is 181 g/mol. The fraction of sp³-hybridized carbons (Fsp3) is 0.636. The van der Waals surface area contributed by atoms with Gasteiger partial charge >= 0.3 is 0 Å². The highest BCUT2D eigenvalue weighted by molar-refractivity contribution is 5.17. The molecule has 1 unspecified atom stereocenters. The van der Waals surface area contributed by atoms with Crippen molar-refractivity contribution in [2.45, 2.75) is 31.5 Å². The number of alkyl halides is 1. The molecule has 2 aliphatic rings. The summed E-state index contributed by atoms with van der Waals surface area (Å²) in [5, 5.41) is 0. The molecule has 0 N–H and O–H groups in total. The lowest BCUT2D eigenvalue weighted by Crippen LogP contribution is -2.46. The van der Waals surface area contributed by atoms with E-state index in [1.54, 1.807) is 6.08 Å². The summed E-state index contributed by atoms with van der Waals surface area (Å²) in [7, 11) is 0. The number of piperidine rings is 1. The summed E-state index contributed by atoms with van der Waals surface area (Å²) < 4.78 is 14.2. The van der Waals surface area contributed by atoms with Crippen LogP contribution in [0.3, 0.4) is 0 Å². The van der Waals surface area contributed by atoms with Crippen molar-refractivity contribution in [1.29, 1.82) is 0 Å². The molecule has 1 aliphatic heterocycles. The van der Waals surface area contributed by atoms with Crippen LogP contribution >= 0.6 is 0 Å². The molecule has 0 aromatic heterocycles. The molecule has 1 fully saturated rings. The van der Waals surface area contributed by atoms with Gasteiger partial charge in [0, 0.05) is 19.5 Å². The molecule has 1 saturated heterocycles. The predicted molar refractivity (Wildman–Crippen MR) is 52.2 cm³/mol. The van der Waals surface area contributed by atoms with Gasteiger partial charge in [-0.1, -0.05) is 24.6 Å². The molecule has 0 aromatic carbocycles. The van der Waals surface area contributed by atoms with Gasteiger partial charge in [0.25, 0.3) is 0 Å². The van der Waals surface area contributed by atoms with Crippen LogP contribution in [-0.2, 0) is 0 Å². The van der Waals surface area contributed by atoms with Crippen molar-refractivity contribution in [2.24, 2.45) is 0 Å². The summed E-state index contributed by atoms with van der Waals surface area (Å²) in [5.74, 6) is -1.19. The van der Waals surface area contributed by atoms with E-state index in [1.165, 1.54) is 6.42 Å². The molecule has 0 aromatic rings. The van der Waals surface area contributed by atoms with Crippen LogP contribution in [0.4, 0.5) is 4.39 Å². The first-order valence-electron chi connectivity index (χ1n) is 5.10. The molecule has 1 heterocycles. The Morgan fingerprint density at radius 2 is 1.85 bits per heavy atom. The van der Waals surface area contributed by atoms with Gasteiger partial charge in [-0.25, -0.2) is 4.39 Å². The smallest absolute Gasteiger partial charge is 0.186 e. The lowest BCUT2D eigenvalue weighted by molar-refractivity contribution is -0.00319. The molecule has 1 atom stereocenters. The minimum absolute atomic E-state index is 0.517. The van der Waals surface area contributed by atoms with Crippen LogP contribution in [0.25, 0.3) is 0 Å². The summed E-state index contributed by atoms with van der Waals surface area (Å²) in [6.07, 6.45) is 11.4. The Hall–Kier alpha value is -0.630. The second kappa shape index (κ2) is 3.62. The van der Waals surface area contributed by atoms with Crippen molar-refractivity contribution >= 4 is 0 Å². The third kappa shape index (κ3) is 1.83. The largest absolute Gasteiger partial charge is 0.268 e. The van der Waals surface area contributed by atoms with E-state index in [2.05, 4.69) is 0 Å². The van der Waals surface area contributed by atoms with Gasteiger partial charge in [-0.2, -0.15) is 0 Å². The number of allylic oxidation sites excluding steroid dienone is 2. The highest BCUT2D eigenvalue weighted by atomic mass is 19.1. The quantitative estimate of drug-likeness (QED) is 0.562. The molecule has 0 saturated carbocycles. The molecule has 0 bridgehead atoms. The lowest BCUT2D eigenvalue weighted by Gasteiger charge is -2.38. The van der Waals surface area contributed by atoms with Crippen molar-refractivity contribution in [3.8, 4) is 0 Å². The lowest BCUT2D eigenvalue weighted by atomic mass is 10.0. The van der Waals surface area contributed by atoms with E-state index in [0.29, 0.717) is 6.42 Å². The Bertz CT molecular complexity index is 228. The standard InChI is InChI=1S/C11H16FN/c12-11(7-3-1-4-8-11)13-9-5-2-6-10-13/h1,3-4,7H,2,5-6,8-10H2. The van der Waals surface area contributed by atoms with E-state index in [1.807, 2.05) is 23.1 Å². The Kier molecular flexibility index (Phi) is 2.49. The topological polar surface area (TPSA) is 3.24 Å². The summed E-state index contributed by atoms with van der Waals surface area (Å²) >= 11 is 0.